The fraction of sp³-hybridized carbons (Fsp3) is 0.444. The second-order valence-corrected chi connectivity index (χ2v) is 7.83. The van der Waals surface area contributed by atoms with Crippen LogP contribution in [0.2, 0.25) is 0 Å². The Morgan fingerprint density at radius 3 is 2.72 bits per heavy atom. The summed E-state index contributed by atoms with van der Waals surface area (Å²) in [6.45, 7) is 0.652. The van der Waals surface area contributed by atoms with Crippen molar-refractivity contribution in [2.45, 2.75) is 10.6 Å². The van der Waals surface area contributed by atoms with Gasteiger partial charge in [-0.3, -0.25) is 4.79 Å². The fourth-order valence-corrected chi connectivity index (χ4v) is 4.10. The first-order valence-corrected chi connectivity index (χ1v) is 8.27. The van der Waals surface area contributed by atoms with Crippen molar-refractivity contribution in [2.24, 2.45) is 5.73 Å². The summed E-state index contributed by atoms with van der Waals surface area (Å²) >= 11 is 4.27. The Labute approximate surface area is 118 Å². The lowest BCUT2D eigenvalue weighted by Gasteiger charge is -2.05. The van der Waals surface area contributed by atoms with E-state index < -0.39 is 10.0 Å². The van der Waals surface area contributed by atoms with E-state index in [1.807, 2.05) is 0 Å². The van der Waals surface area contributed by atoms with Gasteiger partial charge in [-0.2, -0.15) is 0 Å². The van der Waals surface area contributed by atoms with Crippen molar-refractivity contribution < 1.29 is 13.2 Å². The number of rotatable bonds is 7. The van der Waals surface area contributed by atoms with E-state index in [0.29, 0.717) is 19.5 Å². The lowest BCUT2D eigenvalue weighted by atomic mass is 10.4. The van der Waals surface area contributed by atoms with Crippen LogP contribution in [0.15, 0.2) is 20.1 Å². The van der Waals surface area contributed by atoms with Gasteiger partial charge in [0.25, 0.3) is 10.0 Å². The molecule has 0 aliphatic rings. The molecule has 0 bridgehead atoms. The predicted octanol–water partition coefficient (Wildman–Crippen LogP) is 0.254. The molecule has 9 heteroatoms. The van der Waals surface area contributed by atoms with Gasteiger partial charge in [0.1, 0.15) is 4.21 Å². The van der Waals surface area contributed by atoms with Crippen molar-refractivity contribution in [3.63, 3.8) is 0 Å². The summed E-state index contributed by atoms with van der Waals surface area (Å²) in [4.78, 5) is 11.3. The number of nitrogens with one attached hydrogen (secondary N) is 2. The molecule has 0 saturated heterocycles. The standard InChI is InChI=1S/C9H14BrN3O3S2/c10-7-2-3-9(17-7)18(15,16)13-6-8(14)12-5-1-4-11/h2-3,13H,1,4-6,11H2,(H,12,14). The van der Waals surface area contributed by atoms with E-state index in [1.54, 1.807) is 6.07 Å². The summed E-state index contributed by atoms with van der Waals surface area (Å²) in [7, 11) is -3.61. The number of sulfonamides is 1. The minimum absolute atomic E-state index is 0.170. The van der Waals surface area contributed by atoms with Crippen molar-refractivity contribution in [1.29, 1.82) is 0 Å². The first-order chi connectivity index (χ1) is 8.45. The molecule has 0 saturated carbocycles. The summed E-state index contributed by atoms with van der Waals surface area (Å²) in [5.74, 6) is -0.373. The highest BCUT2D eigenvalue weighted by Crippen LogP contribution is 2.25. The number of halogens is 1. The van der Waals surface area contributed by atoms with E-state index in [0.717, 1.165) is 15.1 Å². The topological polar surface area (TPSA) is 101 Å². The third kappa shape index (κ3) is 5.02. The predicted molar refractivity (Wildman–Crippen MR) is 73.9 cm³/mol. The maximum Gasteiger partial charge on any atom is 0.250 e. The van der Waals surface area contributed by atoms with E-state index in [-0.39, 0.29) is 16.7 Å². The Bertz CT molecular complexity index is 501. The molecule has 0 aliphatic heterocycles. The Balaban J connectivity index is 2.45. The summed E-state index contributed by atoms with van der Waals surface area (Å²) in [5, 5.41) is 2.56. The summed E-state index contributed by atoms with van der Waals surface area (Å²) in [6.07, 6.45) is 0.663. The van der Waals surface area contributed by atoms with Gasteiger partial charge in [-0.1, -0.05) is 0 Å². The highest BCUT2D eigenvalue weighted by atomic mass is 79.9. The van der Waals surface area contributed by atoms with Crippen LogP contribution in [0.1, 0.15) is 6.42 Å². The van der Waals surface area contributed by atoms with Gasteiger partial charge in [0.2, 0.25) is 5.91 Å². The monoisotopic (exact) mass is 355 g/mol. The van der Waals surface area contributed by atoms with E-state index in [4.69, 9.17) is 5.73 Å². The highest BCUT2D eigenvalue weighted by molar-refractivity contribution is 9.11. The van der Waals surface area contributed by atoms with Crippen LogP contribution in [0.5, 0.6) is 0 Å². The molecule has 1 aromatic heterocycles. The molecule has 6 nitrogen and oxygen atoms in total. The normalized spacial score (nSPS) is 11.4. The van der Waals surface area contributed by atoms with Crippen molar-refractivity contribution in [3.8, 4) is 0 Å². The van der Waals surface area contributed by atoms with E-state index in [1.165, 1.54) is 6.07 Å². The number of amides is 1. The zero-order chi connectivity index (χ0) is 13.6. The van der Waals surface area contributed by atoms with Gasteiger partial charge in [0, 0.05) is 6.54 Å². The van der Waals surface area contributed by atoms with Crippen LogP contribution in [0.4, 0.5) is 0 Å². The zero-order valence-electron chi connectivity index (χ0n) is 9.48. The van der Waals surface area contributed by atoms with Gasteiger partial charge in [0.05, 0.1) is 10.3 Å². The molecule has 102 valence electrons. The Hall–Kier alpha value is -0.480. The molecule has 1 rings (SSSR count). The van der Waals surface area contributed by atoms with Crippen LogP contribution in [0.3, 0.4) is 0 Å². The summed E-state index contributed by atoms with van der Waals surface area (Å²) in [6, 6.07) is 3.12. The molecule has 0 aliphatic carbocycles. The molecule has 18 heavy (non-hydrogen) atoms. The van der Waals surface area contributed by atoms with Crippen molar-refractivity contribution in [3.05, 3.63) is 15.9 Å². The van der Waals surface area contributed by atoms with Gasteiger partial charge in [0.15, 0.2) is 0 Å². The Morgan fingerprint density at radius 1 is 1.44 bits per heavy atom. The van der Waals surface area contributed by atoms with E-state index in [2.05, 4.69) is 26.0 Å². The van der Waals surface area contributed by atoms with Crippen molar-refractivity contribution in [1.82, 2.24) is 10.0 Å². The van der Waals surface area contributed by atoms with Crippen molar-refractivity contribution in [2.75, 3.05) is 19.6 Å². The molecule has 0 atom stereocenters. The van der Waals surface area contributed by atoms with Gasteiger partial charge >= 0.3 is 0 Å². The van der Waals surface area contributed by atoms with Crippen LogP contribution in [0.25, 0.3) is 0 Å². The zero-order valence-corrected chi connectivity index (χ0v) is 12.7. The smallest absolute Gasteiger partial charge is 0.250 e. The number of hydrogen-bond acceptors (Lipinski definition) is 5. The van der Waals surface area contributed by atoms with Crippen LogP contribution in [0, 0.1) is 0 Å². The molecular weight excluding hydrogens is 342 g/mol. The van der Waals surface area contributed by atoms with E-state index >= 15 is 0 Å². The first kappa shape index (κ1) is 15.6. The second kappa shape index (κ2) is 7.19. The number of nitrogens with two attached hydrogens (primary N) is 1. The molecule has 1 amide bonds. The van der Waals surface area contributed by atoms with Gasteiger partial charge in [-0.15, -0.1) is 11.3 Å². The molecule has 1 aromatic rings. The molecule has 0 aromatic carbocycles. The van der Waals surface area contributed by atoms with E-state index in [9.17, 15) is 13.2 Å². The second-order valence-electron chi connectivity index (χ2n) is 3.38. The molecule has 1 heterocycles. The third-order valence-electron chi connectivity index (χ3n) is 1.94. The molecule has 0 radical (unpaired) electrons. The minimum Gasteiger partial charge on any atom is -0.355 e. The summed E-state index contributed by atoms with van der Waals surface area (Å²) in [5.41, 5.74) is 5.27. The number of hydrogen-bond donors (Lipinski definition) is 3. The maximum atomic E-state index is 11.8. The van der Waals surface area contributed by atoms with Crippen molar-refractivity contribution >= 4 is 43.2 Å². The molecular formula is C9H14BrN3O3S2. The summed E-state index contributed by atoms with van der Waals surface area (Å²) < 4.78 is 26.6. The third-order valence-corrected chi connectivity index (χ3v) is 5.46. The molecule has 0 fully saturated rings. The van der Waals surface area contributed by atoms with Crippen LogP contribution >= 0.6 is 27.3 Å². The first-order valence-electron chi connectivity index (χ1n) is 5.17. The van der Waals surface area contributed by atoms with Crippen LogP contribution in [-0.4, -0.2) is 34.0 Å². The van der Waals surface area contributed by atoms with Crippen LogP contribution < -0.4 is 15.8 Å². The Kier molecular flexibility index (Phi) is 6.22. The van der Waals surface area contributed by atoms with Crippen LogP contribution in [-0.2, 0) is 14.8 Å². The fourth-order valence-electron chi connectivity index (χ4n) is 1.07. The number of thiophene rings is 1. The molecule has 0 spiro atoms. The van der Waals surface area contributed by atoms with Gasteiger partial charge in [-0.05, 0) is 41.0 Å². The molecule has 4 N–H and O–H groups in total. The quantitative estimate of drug-likeness (QED) is 0.610. The lowest BCUT2D eigenvalue weighted by Crippen LogP contribution is -2.37. The molecule has 0 unspecified atom stereocenters. The highest BCUT2D eigenvalue weighted by Gasteiger charge is 2.17. The average molecular weight is 356 g/mol. The minimum atomic E-state index is -3.61. The Morgan fingerprint density at radius 2 is 2.17 bits per heavy atom. The average Bonchev–Trinajstić information content (AvgIpc) is 2.75. The lowest BCUT2D eigenvalue weighted by molar-refractivity contribution is -0.119. The SMILES string of the molecule is NCCCNC(=O)CNS(=O)(=O)c1ccc(Br)s1. The maximum absolute atomic E-state index is 11.8. The van der Waals surface area contributed by atoms with Gasteiger partial charge < -0.3 is 11.1 Å². The largest absolute Gasteiger partial charge is 0.355 e. The number of carbonyl (C=O) groups excluding carboxylic acids is 1. The van der Waals surface area contributed by atoms with Gasteiger partial charge in [-0.25, -0.2) is 13.1 Å². The number of carbonyl (C=O) groups is 1.